The molecule has 2 rings (SSSR count). The number of aromatic nitrogens is 1. The van der Waals surface area contributed by atoms with Gasteiger partial charge in [0.15, 0.2) is 6.39 Å². The minimum Gasteiger partial charge on any atom is -0.438 e. The molecule has 1 fully saturated rings. The van der Waals surface area contributed by atoms with Crippen molar-refractivity contribution in [2.24, 2.45) is 0 Å². The fourth-order valence-corrected chi connectivity index (χ4v) is 1.59. The summed E-state index contributed by atoms with van der Waals surface area (Å²) in [4.78, 5) is 16.9. The van der Waals surface area contributed by atoms with Crippen molar-refractivity contribution in [2.75, 3.05) is 13.1 Å². The second kappa shape index (κ2) is 3.63. The molecule has 6 nitrogen and oxygen atoms in total. The van der Waals surface area contributed by atoms with Crippen molar-refractivity contribution in [1.29, 1.82) is 0 Å². The molecule has 0 bridgehead atoms. The quantitative estimate of drug-likeness (QED) is 0.634. The van der Waals surface area contributed by atoms with E-state index >= 15 is 0 Å². The Labute approximate surface area is 86.1 Å². The van der Waals surface area contributed by atoms with Crippen molar-refractivity contribution >= 4 is 5.91 Å². The monoisotopic (exact) mass is 212 g/mol. The number of hydrogen-bond acceptors (Lipinski definition) is 5. The van der Waals surface area contributed by atoms with Gasteiger partial charge in [0.05, 0.1) is 17.9 Å². The number of carbonyl (C=O) groups excluding carboxylic acids is 1. The number of nitrogens with zero attached hydrogens (tertiary/aromatic N) is 2. The fourth-order valence-electron chi connectivity index (χ4n) is 1.59. The molecule has 0 aromatic carbocycles. The van der Waals surface area contributed by atoms with Crippen LogP contribution in [0.5, 0.6) is 0 Å². The highest BCUT2D eigenvalue weighted by Gasteiger charge is 2.34. The first kappa shape index (κ1) is 10.1. The number of hydrogen-bond donors (Lipinski definition) is 2. The van der Waals surface area contributed by atoms with Crippen molar-refractivity contribution in [3.63, 3.8) is 0 Å². The first-order valence-corrected chi connectivity index (χ1v) is 4.65. The van der Waals surface area contributed by atoms with Crippen LogP contribution in [-0.4, -0.2) is 51.3 Å². The number of amides is 1. The normalized spacial score (nSPS) is 25.9. The Hall–Kier alpha value is -1.40. The van der Waals surface area contributed by atoms with Crippen LogP contribution in [0.15, 0.2) is 10.8 Å². The van der Waals surface area contributed by atoms with Crippen molar-refractivity contribution < 1.29 is 19.4 Å². The maximum absolute atomic E-state index is 11.8. The topological polar surface area (TPSA) is 86.8 Å². The highest BCUT2D eigenvalue weighted by Crippen LogP contribution is 2.15. The summed E-state index contributed by atoms with van der Waals surface area (Å²) in [6.45, 7) is 1.92. The highest BCUT2D eigenvalue weighted by atomic mass is 16.4. The van der Waals surface area contributed by atoms with E-state index in [0.717, 1.165) is 0 Å². The Morgan fingerprint density at radius 1 is 1.53 bits per heavy atom. The summed E-state index contributed by atoms with van der Waals surface area (Å²) in [6.07, 6.45) is -0.555. The molecule has 2 atom stereocenters. The van der Waals surface area contributed by atoms with Gasteiger partial charge in [0.25, 0.3) is 5.91 Å². The molecule has 0 radical (unpaired) electrons. The number of aryl methyl sites for hydroxylation is 1. The van der Waals surface area contributed by atoms with E-state index in [-0.39, 0.29) is 24.8 Å². The molecule has 2 N–H and O–H groups in total. The first-order valence-electron chi connectivity index (χ1n) is 4.65. The van der Waals surface area contributed by atoms with Gasteiger partial charge < -0.3 is 19.5 Å². The lowest BCUT2D eigenvalue weighted by Gasteiger charge is -2.13. The molecule has 1 aliphatic heterocycles. The third-order valence-corrected chi connectivity index (χ3v) is 2.49. The lowest BCUT2D eigenvalue weighted by molar-refractivity contribution is 0.0572. The van der Waals surface area contributed by atoms with E-state index < -0.39 is 12.2 Å². The maximum Gasteiger partial charge on any atom is 0.291 e. The van der Waals surface area contributed by atoms with Crippen LogP contribution in [-0.2, 0) is 0 Å². The number of oxazole rings is 1. The number of rotatable bonds is 1. The van der Waals surface area contributed by atoms with Crippen LogP contribution in [0.1, 0.15) is 16.2 Å². The smallest absolute Gasteiger partial charge is 0.291 e. The van der Waals surface area contributed by atoms with Crippen molar-refractivity contribution in [1.82, 2.24) is 9.88 Å². The Morgan fingerprint density at radius 2 is 2.13 bits per heavy atom. The van der Waals surface area contributed by atoms with Crippen LogP contribution in [0.2, 0.25) is 0 Å². The Morgan fingerprint density at radius 3 is 2.60 bits per heavy atom. The molecule has 2 heterocycles. The zero-order valence-corrected chi connectivity index (χ0v) is 8.25. The van der Waals surface area contributed by atoms with Gasteiger partial charge >= 0.3 is 0 Å². The van der Waals surface area contributed by atoms with Crippen LogP contribution < -0.4 is 0 Å². The number of aliphatic hydroxyl groups excluding tert-OH is 2. The molecular formula is C9H12N2O4. The molecule has 6 heteroatoms. The van der Waals surface area contributed by atoms with E-state index in [9.17, 15) is 15.0 Å². The van der Waals surface area contributed by atoms with E-state index in [4.69, 9.17) is 4.42 Å². The van der Waals surface area contributed by atoms with E-state index in [0.29, 0.717) is 5.69 Å². The lowest BCUT2D eigenvalue weighted by Crippen LogP contribution is -2.30. The predicted octanol–water partition coefficient (Wildman–Crippen LogP) is -0.839. The largest absolute Gasteiger partial charge is 0.438 e. The van der Waals surface area contributed by atoms with Crippen LogP contribution in [0, 0.1) is 6.92 Å². The zero-order valence-electron chi connectivity index (χ0n) is 8.25. The third-order valence-electron chi connectivity index (χ3n) is 2.49. The third kappa shape index (κ3) is 1.73. The molecule has 1 aliphatic rings. The molecule has 1 aromatic heterocycles. The van der Waals surface area contributed by atoms with Crippen molar-refractivity contribution in [2.45, 2.75) is 19.1 Å². The van der Waals surface area contributed by atoms with E-state index in [2.05, 4.69) is 4.98 Å². The predicted molar refractivity (Wildman–Crippen MR) is 49.2 cm³/mol. The van der Waals surface area contributed by atoms with Crippen LogP contribution >= 0.6 is 0 Å². The standard InChI is InChI=1S/C9H12N2O4/c1-5-8(15-4-10-5)9(14)11-2-6(12)7(13)3-11/h4,6-7,12-13H,2-3H2,1H3/t6-,7+. The van der Waals surface area contributed by atoms with Crippen LogP contribution in [0.3, 0.4) is 0 Å². The summed E-state index contributed by atoms with van der Waals surface area (Å²) >= 11 is 0. The van der Waals surface area contributed by atoms with Gasteiger partial charge in [-0.15, -0.1) is 0 Å². The van der Waals surface area contributed by atoms with Gasteiger partial charge in [-0.1, -0.05) is 0 Å². The number of aliphatic hydroxyl groups is 2. The molecule has 0 saturated carbocycles. The summed E-state index contributed by atoms with van der Waals surface area (Å²) < 4.78 is 4.94. The second-order valence-electron chi connectivity index (χ2n) is 3.61. The molecule has 1 saturated heterocycles. The average Bonchev–Trinajstić information content (AvgIpc) is 2.74. The lowest BCUT2D eigenvalue weighted by atomic mass is 10.3. The molecule has 1 amide bonds. The number of likely N-dealkylation sites (tertiary alicyclic amines) is 1. The molecule has 1 aromatic rings. The zero-order chi connectivity index (χ0) is 11.0. The van der Waals surface area contributed by atoms with Crippen molar-refractivity contribution in [3.05, 3.63) is 17.8 Å². The summed E-state index contributed by atoms with van der Waals surface area (Å²) in [5, 5.41) is 18.6. The Bertz CT molecular complexity index is 366. The summed E-state index contributed by atoms with van der Waals surface area (Å²) in [6, 6.07) is 0. The van der Waals surface area contributed by atoms with Gasteiger partial charge in [0.1, 0.15) is 0 Å². The maximum atomic E-state index is 11.8. The van der Waals surface area contributed by atoms with Gasteiger partial charge in [-0.3, -0.25) is 4.79 Å². The molecule has 82 valence electrons. The molecule has 15 heavy (non-hydrogen) atoms. The van der Waals surface area contributed by atoms with E-state index in [1.54, 1.807) is 6.92 Å². The van der Waals surface area contributed by atoms with Crippen LogP contribution in [0.25, 0.3) is 0 Å². The van der Waals surface area contributed by atoms with Gasteiger partial charge in [0, 0.05) is 13.1 Å². The molecule has 0 aliphatic carbocycles. The van der Waals surface area contributed by atoms with Gasteiger partial charge in [-0.05, 0) is 6.92 Å². The first-order chi connectivity index (χ1) is 7.09. The SMILES string of the molecule is Cc1ncoc1C(=O)N1C[C@@H](O)[C@@H](O)C1. The Kier molecular flexibility index (Phi) is 2.45. The summed E-state index contributed by atoms with van der Waals surface area (Å²) in [7, 11) is 0. The molecule has 0 unspecified atom stereocenters. The van der Waals surface area contributed by atoms with E-state index in [1.807, 2.05) is 0 Å². The van der Waals surface area contributed by atoms with Crippen molar-refractivity contribution in [3.8, 4) is 0 Å². The Balaban J connectivity index is 2.13. The number of carbonyl (C=O) groups is 1. The van der Waals surface area contributed by atoms with Gasteiger partial charge in [-0.25, -0.2) is 4.98 Å². The molecular weight excluding hydrogens is 200 g/mol. The summed E-state index contributed by atoms with van der Waals surface area (Å²) in [5.41, 5.74) is 0.510. The fraction of sp³-hybridized carbons (Fsp3) is 0.556. The highest BCUT2D eigenvalue weighted by molar-refractivity contribution is 5.92. The van der Waals surface area contributed by atoms with Gasteiger partial charge in [-0.2, -0.15) is 0 Å². The van der Waals surface area contributed by atoms with Crippen LogP contribution in [0.4, 0.5) is 0 Å². The summed E-state index contributed by atoms with van der Waals surface area (Å²) in [5.74, 6) is -0.183. The van der Waals surface area contributed by atoms with Gasteiger partial charge in [0.2, 0.25) is 5.76 Å². The average molecular weight is 212 g/mol. The number of β-amino-alcohol motifs (C(OH)–C–C–N with tert-alkyl or cyclic N) is 2. The second-order valence-corrected chi connectivity index (χ2v) is 3.61. The van der Waals surface area contributed by atoms with E-state index in [1.165, 1.54) is 11.3 Å². The minimum absolute atomic E-state index is 0.125. The molecule has 0 spiro atoms. The minimum atomic E-state index is -0.878.